The summed E-state index contributed by atoms with van der Waals surface area (Å²) in [7, 11) is 0. The van der Waals surface area contributed by atoms with Gasteiger partial charge in [0.1, 0.15) is 0 Å². The number of carbonyl (C=O) groups excluding carboxylic acids is 1. The first-order valence-corrected chi connectivity index (χ1v) is 8.50. The molecule has 0 aliphatic heterocycles. The third-order valence-corrected chi connectivity index (χ3v) is 4.23. The molecule has 2 aromatic rings. The van der Waals surface area contributed by atoms with Crippen LogP contribution in [0.15, 0.2) is 59.5 Å². The van der Waals surface area contributed by atoms with Gasteiger partial charge >= 0.3 is 0 Å². The van der Waals surface area contributed by atoms with Crippen molar-refractivity contribution in [2.24, 2.45) is 0 Å². The van der Waals surface area contributed by atoms with Crippen LogP contribution in [0, 0.1) is 0 Å². The zero-order valence-electron chi connectivity index (χ0n) is 12.8. The predicted molar refractivity (Wildman–Crippen MR) is 91.2 cm³/mol. The molecule has 1 amide bonds. The fraction of sp³-hybridized carbons (Fsp3) is 0.278. The molecule has 0 saturated carbocycles. The number of carbonyl (C=O) groups is 1. The molecule has 0 radical (unpaired) electrons. The highest BCUT2D eigenvalue weighted by atomic mass is 32.2. The standard InChI is InChI=1S/C18H21NO2S/c1-13(12-17(20)14-6-4-3-5-7-14)19-18(21)15-8-10-16(22-2)11-9-15/h3-11,13,17,20H,12H2,1-2H3,(H,19,21). The van der Waals surface area contributed by atoms with Crippen molar-refractivity contribution in [3.8, 4) is 0 Å². The number of hydrogen-bond acceptors (Lipinski definition) is 3. The van der Waals surface area contributed by atoms with Crippen molar-refractivity contribution < 1.29 is 9.90 Å². The van der Waals surface area contributed by atoms with Crippen LogP contribution in [0.3, 0.4) is 0 Å². The summed E-state index contributed by atoms with van der Waals surface area (Å²) in [5.41, 5.74) is 1.51. The molecule has 0 aliphatic carbocycles. The molecular formula is C18H21NO2S. The summed E-state index contributed by atoms with van der Waals surface area (Å²) >= 11 is 1.64. The molecule has 4 heteroatoms. The van der Waals surface area contributed by atoms with Gasteiger partial charge in [-0.15, -0.1) is 11.8 Å². The van der Waals surface area contributed by atoms with Crippen molar-refractivity contribution in [1.82, 2.24) is 5.32 Å². The molecule has 0 aromatic heterocycles. The second-order valence-electron chi connectivity index (χ2n) is 5.27. The fourth-order valence-corrected chi connectivity index (χ4v) is 2.66. The minimum atomic E-state index is -0.574. The quantitative estimate of drug-likeness (QED) is 0.800. The van der Waals surface area contributed by atoms with Gasteiger partial charge in [-0.1, -0.05) is 30.3 Å². The van der Waals surface area contributed by atoms with Gasteiger partial charge in [0.05, 0.1) is 6.10 Å². The molecule has 22 heavy (non-hydrogen) atoms. The summed E-state index contributed by atoms with van der Waals surface area (Å²) in [5, 5.41) is 13.1. The van der Waals surface area contributed by atoms with Crippen LogP contribution in [0.1, 0.15) is 35.4 Å². The third-order valence-electron chi connectivity index (χ3n) is 3.49. The van der Waals surface area contributed by atoms with E-state index in [-0.39, 0.29) is 11.9 Å². The third kappa shape index (κ3) is 4.61. The normalized spacial score (nSPS) is 13.4. The Bertz CT molecular complexity index is 598. The van der Waals surface area contributed by atoms with Gasteiger partial charge < -0.3 is 10.4 Å². The maximum atomic E-state index is 12.2. The van der Waals surface area contributed by atoms with Crippen LogP contribution in [0.4, 0.5) is 0 Å². The summed E-state index contributed by atoms with van der Waals surface area (Å²) in [4.78, 5) is 13.3. The van der Waals surface area contributed by atoms with Crippen LogP contribution in [-0.4, -0.2) is 23.3 Å². The van der Waals surface area contributed by atoms with Crippen molar-refractivity contribution in [2.45, 2.75) is 30.4 Å². The number of hydrogen-bond donors (Lipinski definition) is 2. The Morgan fingerprint density at radius 1 is 1.14 bits per heavy atom. The van der Waals surface area contributed by atoms with Crippen LogP contribution >= 0.6 is 11.8 Å². The first-order valence-electron chi connectivity index (χ1n) is 7.28. The molecule has 3 nitrogen and oxygen atoms in total. The van der Waals surface area contributed by atoms with Crippen LogP contribution in [0.5, 0.6) is 0 Å². The minimum Gasteiger partial charge on any atom is -0.388 e. The number of benzene rings is 2. The zero-order chi connectivity index (χ0) is 15.9. The molecule has 2 unspecified atom stereocenters. The molecule has 0 bridgehead atoms. The van der Waals surface area contributed by atoms with Crippen molar-refractivity contribution in [1.29, 1.82) is 0 Å². The largest absolute Gasteiger partial charge is 0.388 e. The predicted octanol–water partition coefficient (Wildman–Crippen LogP) is 3.65. The summed E-state index contributed by atoms with van der Waals surface area (Å²) in [6.07, 6.45) is 1.91. The number of amides is 1. The number of aliphatic hydroxyl groups excluding tert-OH is 1. The van der Waals surface area contributed by atoms with Gasteiger partial charge in [-0.3, -0.25) is 4.79 Å². The molecule has 0 spiro atoms. The average Bonchev–Trinajstić information content (AvgIpc) is 2.55. The zero-order valence-corrected chi connectivity index (χ0v) is 13.6. The van der Waals surface area contributed by atoms with E-state index in [1.165, 1.54) is 0 Å². The molecule has 2 atom stereocenters. The summed E-state index contributed by atoms with van der Waals surface area (Å²) in [6, 6.07) is 16.9. The van der Waals surface area contributed by atoms with Gasteiger partial charge in [0, 0.05) is 16.5 Å². The summed E-state index contributed by atoms with van der Waals surface area (Å²) in [5.74, 6) is -0.111. The first kappa shape index (κ1) is 16.6. The molecule has 0 fully saturated rings. The Balaban J connectivity index is 1.90. The number of aliphatic hydroxyl groups is 1. The van der Waals surface area contributed by atoms with E-state index in [1.807, 2.05) is 67.8 Å². The lowest BCUT2D eigenvalue weighted by atomic mass is 10.0. The Hall–Kier alpha value is -1.78. The van der Waals surface area contributed by atoms with E-state index in [1.54, 1.807) is 11.8 Å². The number of thioether (sulfide) groups is 1. The van der Waals surface area contributed by atoms with E-state index in [0.29, 0.717) is 12.0 Å². The van der Waals surface area contributed by atoms with Crippen LogP contribution < -0.4 is 5.32 Å². The van der Waals surface area contributed by atoms with Crippen LogP contribution in [0.25, 0.3) is 0 Å². The average molecular weight is 315 g/mol. The van der Waals surface area contributed by atoms with Crippen LogP contribution in [0.2, 0.25) is 0 Å². The molecule has 2 aromatic carbocycles. The second kappa shape index (κ2) is 8.01. The van der Waals surface area contributed by atoms with Gasteiger partial charge in [-0.25, -0.2) is 0 Å². The van der Waals surface area contributed by atoms with Gasteiger partial charge in [-0.2, -0.15) is 0 Å². The molecule has 0 heterocycles. The lowest BCUT2D eigenvalue weighted by Crippen LogP contribution is -2.33. The van der Waals surface area contributed by atoms with Gasteiger partial charge in [0.2, 0.25) is 0 Å². The molecule has 116 valence electrons. The molecule has 0 aliphatic rings. The van der Waals surface area contributed by atoms with Crippen molar-refractivity contribution >= 4 is 17.7 Å². The maximum absolute atomic E-state index is 12.2. The summed E-state index contributed by atoms with van der Waals surface area (Å²) in [6.45, 7) is 1.90. The summed E-state index contributed by atoms with van der Waals surface area (Å²) < 4.78 is 0. The monoisotopic (exact) mass is 315 g/mol. The van der Waals surface area contributed by atoms with Crippen molar-refractivity contribution in [3.63, 3.8) is 0 Å². The van der Waals surface area contributed by atoms with Crippen LogP contribution in [-0.2, 0) is 0 Å². The van der Waals surface area contributed by atoms with Gasteiger partial charge in [-0.05, 0) is 49.4 Å². The van der Waals surface area contributed by atoms with E-state index >= 15 is 0 Å². The van der Waals surface area contributed by atoms with Crippen molar-refractivity contribution in [2.75, 3.05) is 6.26 Å². The SMILES string of the molecule is CSc1ccc(C(=O)NC(C)CC(O)c2ccccc2)cc1. The smallest absolute Gasteiger partial charge is 0.251 e. The van der Waals surface area contributed by atoms with Crippen molar-refractivity contribution in [3.05, 3.63) is 65.7 Å². The highest BCUT2D eigenvalue weighted by molar-refractivity contribution is 7.98. The molecule has 2 N–H and O–H groups in total. The molecule has 0 saturated heterocycles. The Morgan fingerprint density at radius 2 is 1.77 bits per heavy atom. The second-order valence-corrected chi connectivity index (χ2v) is 6.14. The number of rotatable bonds is 6. The highest BCUT2D eigenvalue weighted by Gasteiger charge is 2.15. The van der Waals surface area contributed by atoms with Gasteiger partial charge in [0.15, 0.2) is 0 Å². The van der Waals surface area contributed by atoms with Gasteiger partial charge in [0.25, 0.3) is 5.91 Å². The van der Waals surface area contributed by atoms with E-state index in [4.69, 9.17) is 0 Å². The lowest BCUT2D eigenvalue weighted by Gasteiger charge is -2.18. The molecular weight excluding hydrogens is 294 g/mol. The van der Waals surface area contributed by atoms with E-state index in [0.717, 1.165) is 10.5 Å². The Morgan fingerprint density at radius 3 is 2.36 bits per heavy atom. The lowest BCUT2D eigenvalue weighted by molar-refractivity contribution is 0.0917. The molecule has 2 rings (SSSR count). The Labute approximate surface area is 135 Å². The van der Waals surface area contributed by atoms with E-state index in [9.17, 15) is 9.90 Å². The Kier molecular flexibility index (Phi) is 6.04. The topological polar surface area (TPSA) is 49.3 Å². The van der Waals surface area contributed by atoms with E-state index in [2.05, 4.69) is 5.32 Å². The highest BCUT2D eigenvalue weighted by Crippen LogP contribution is 2.18. The van der Waals surface area contributed by atoms with E-state index < -0.39 is 6.10 Å². The maximum Gasteiger partial charge on any atom is 0.251 e. The fourth-order valence-electron chi connectivity index (χ4n) is 2.25. The number of nitrogens with one attached hydrogen (secondary N) is 1. The first-order chi connectivity index (χ1) is 10.6. The minimum absolute atomic E-state index is 0.108.